The lowest BCUT2D eigenvalue weighted by molar-refractivity contribution is -0.122. The Bertz CT molecular complexity index is 1010. The van der Waals surface area contributed by atoms with Crippen molar-refractivity contribution in [2.24, 2.45) is 12.5 Å². The van der Waals surface area contributed by atoms with Gasteiger partial charge in [-0.2, -0.15) is 0 Å². The fourth-order valence-electron chi connectivity index (χ4n) is 3.92. The summed E-state index contributed by atoms with van der Waals surface area (Å²) in [5.74, 6) is 0.568. The second-order valence-electron chi connectivity index (χ2n) is 7.61. The van der Waals surface area contributed by atoms with Crippen LogP contribution in [0.1, 0.15) is 42.9 Å². The Morgan fingerprint density at radius 2 is 2.00 bits per heavy atom. The zero-order chi connectivity index (χ0) is 18.1. The molecule has 130 valence electrons. The van der Waals surface area contributed by atoms with Crippen molar-refractivity contribution in [2.45, 2.75) is 33.1 Å². The molecule has 1 aromatic carbocycles. The maximum atomic E-state index is 13.1. The van der Waals surface area contributed by atoms with Gasteiger partial charge in [0.1, 0.15) is 5.82 Å². The Hall–Kier alpha value is -1.83. The van der Waals surface area contributed by atoms with Gasteiger partial charge in [0.2, 0.25) is 0 Å². The number of hydrogen-bond acceptors (Lipinski definition) is 3. The number of halogens is 1. The molecule has 0 fully saturated rings. The summed E-state index contributed by atoms with van der Waals surface area (Å²) >= 11 is 2.30. The third-order valence-electron chi connectivity index (χ3n) is 5.28. The lowest BCUT2D eigenvalue weighted by atomic mass is 9.79. The second-order valence-corrected chi connectivity index (χ2v) is 8.77. The molecule has 1 unspecified atom stereocenters. The number of aromatic nitrogens is 2. The van der Waals surface area contributed by atoms with Crippen LogP contribution in [0.15, 0.2) is 34.3 Å². The Morgan fingerprint density at radius 1 is 1.28 bits per heavy atom. The molecule has 2 N–H and O–H groups in total. The van der Waals surface area contributed by atoms with Gasteiger partial charge in [-0.1, -0.05) is 26.0 Å². The molecule has 0 saturated heterocycles. The molecule has 1 aliphatic heterocycles. The lowest BCUT2D eigenvalue weighted by Crippen LogP contribution is -2.26. The van der Waals surface area contributed by atoms with Gasteiger partial charge >= 0.3 is 0 Å². The molecule has 1 atom stereocenters. The normalized spacial score (nSPS) is 21.2. The average Bonchev–Trinajstić information content (AvgIpc) is 2.94. The number of ketones is 1. The van der Waals surface area contributed by atoms with Gasteiger partial charge in [0, 0.05) is 39.6 Å². The molecule has 0 radical (unpaired) electrons. The largest absolute Gasteiger partial charge is 0.343 e. The van der Waals surface area contributed by atoms with Crippen molar-refractivity contribution in [3.63, 3.8) is 0 Å². The monoisotopic (exact) mass is 449 g/mol. The highest BCUT2D eigenvalue weighted by molar-refractivity contribution is 14.1. The molecule has 1 aliphatic carbocycles. The van der Waals surface area contributed by atoms with Gasteiger partial charge in [0.15, 0.2) is 5.78 Å². The van der Waals surface area contributed by atoms with Crippen LogP contribution in [0.3, 0.4) is 0 Å². The molecule has 0 bridgehead atoms. The van der Waals surface area contributed by atoms with Crippen molar-refractivity contribution in [2.75, 3.05) is 5.32 Å². The summed E-state index contributed by atoms with van der Waals surface area (Å²) in [6.45, 7) is 6.00. The summed E-state index contributed by atoms with van der Waals surface area (Å²) < 4.78 is 2.85. The van der Waals surface area contributed by atoms with E-state index in [-0.39, 0.29) is 17.3 Å². The van der Waals surface area contributed by atoms with E-state index in [1.807, 2.05) is 27.0 Å². The molecule has 2 aliphatic rings. The van der Waals surface area contributed by atoms with E-state index in [2.05, 4.69) is 52.1 Å². The van der Waals surface area contributed by atoms with E-state index in [9.17, 15) is 9.59 Å². The number of benzene rings is 1. The lowest BCUT2D eigenvalue weighted by Gasteiger charge is -2.26. The highest BCUT2D eigenvalue weighted by Gasteiger charge is 2.47. The summed E-state index contributed by atoms with van der Waals surface area (Å²) in [6.07, 6.45) is 0.666. The number of H-pyrrole nitrogens is 1. The number of allylic oxidation sites excluding steroid dienone is 2. The number of anilines is 1. The number of nitrogens with one attached hydrogen (secondary N) is 2. The van der Waals surface area contributed by atoms with E-state index in [0.29, 0.717) is 12.0 Å². The fraction of sp³-hybridized carbons (Fsp3) is 0.368. The van der Waals surface area contributed by atoms with Crippen LogP contribution in [-0.4, -0.2) is 15.6 Å². The van der Waals surface area contributed by atoms with Crippen LogP contribution < -0.4 is 10.9 Å². The number of aromatic amines is 1. The van der Waals surface area contributed by atoms with Crippen molar-refractivity contribution in [3.05, 3.63) is 60.1 Å². The molecule has 25 heavy (non-hydrogen) atoms. The molecular formula is C19H20IN3O2. The zero-order valence-corrected chi connectivity index (χ0v) is 16.8. The predicted octanol–water partition coefficient (Wildman–Crippen LogP) is 3.44. The Balaban J connectivity index is 1.99. The van der Waals surface area contributed by atoms with Crippen molar-refractivity contribution in [1.29, 1.82) is 0 Å². The van der Waals surface area contributed by atoms with Crippen LogP contribution >= 0.6 is 22.6 Å². The molecule has 6 heteroatoms. The number of fused-ring (bicyclic) bond motifs is 1. The topological polar surface area (TPSA) is 66.9 Å². The summed E-state index contributed by atoms with van der Waals surface area (Å²) in [5, 5.41) is 6.18. The van der Waals surface area contributed by atoms with Crippen LogP contribution in [0.25, 0.3) is 0 Å². The van der Waals surface area contributed by atoms with Crippen molar-refractivity contribution < 1.29 is 4.79 Å². The van der Waals surface area contributed by atoms with Crippen LogP contribution in [0.4, 0.5) is 5.82 Å². The first-order valence-corrected chi connectivity index (χ1v) is 9.38. The Labute approximate surface area is 159 Å². The number of nitrogens with zero attached hydrogens (tertiary/aromatic N) is 1. The van der Waals surface area contributed by atoms with Gasteiger partial charge in [0.05, 0.1) is 5.56 Å². The molecule has 4 rings (SSSR count). The van der Waals surface area contributed by atoms with Crippen molar-refractivity contribution >= 4 is 34.2 Å². The Kier molecular flexibility index (Phi) is 3.55. The predicted molar refractivity (Wildman–Crippen MR) is 106 cm³/mol. The number of hydrogen-bond donors (Lipinski definition) is 2. The van der Waals surface area contributed by atoms with E-state index in [0.717, 1.165) is 26.2 Å². The molecule has 0 saturated carbocycles. The minimum atomic E-state index is -0.442. The van der Waals surface area contributed by atoms with E-state index >= 15 is 0 Å². The smallest absolute Gasteiger partial charge is 0.270 e. The van der Waals surface area contributed by atoms with Gasteiger partial charge in [-0.15, -0.1) is 0 Å². The minimum absolute atomic E-state index is 0.129. The number of Topliss-reactive ketones (excluding diaryl/α,β-unsaturated/α-hetero) is 1. The van der Waals surface area contributed by atoms with E-state index < -0.39 is 5.41 Å². The third kappa shape index (κ3) is 2.33. The highest BCUT2D eigenvalue weighted by Crippen LogP contribution is 2.50. The molecule has 5 nitrogen and oxygen atoms in total. The van der Waals surface area contributed by atoms with Crippen molar-refractivity contribution in [1.82, 2.24) is 9.78 Å². The van der Waals surface area contributed by atoms with Crippen LogP contribution in [-0.2, 0) is 11.8 Å². The maximum Gasteiger partial charge on any atom is 0.270 e. The second kappa shape index (κ2) is 5.33. The maximum absolute atomic E-state index is 13.1. The number of rotatable bonds is 1. The van der Waals surface area contributed by atoms with E-state index in [4.69, 9.17) is 0 Å². The van der Waals surface area contributed by atoms with Gasteiger partial charge in [0.25, 0.3) is 5.56 Å². The molecule has 0 amide bonds. The minimum Gasteiger partial charge on any atom is -0.343 e. The summed E-state index contributed by atoms with van der Waals surface area (Å²) in [4.78, 5) is 25.7. The fourth-order valence-corrected chi connectivity index (χ4v) is 4.46. The van der Waals surface area contributed by atoms with Gasteiger partial charge in [-0.25, -0.2) is 0 Å². The summed E-state index contributed by atoms with van der Waals surface area (Å²) in [5.41, 5.74) is 3.91. The first-order chi connectivity index (χ1) is 11.7. The molecular weight excluding hydrogens is 429 g/mol. The Morgan fingerprint density at radius 3 is 2.68 bits per heavy atom. The standard InChI is InChI=1S/C19H20IN3O2/c1-9-5-6-10(7-11(9)20)13-14-12(8-19(2,3)16(14)24)21-17-15(13)18(25)22-23(17)4/h5-7,13,21H,8H2,1-4H3,(H,22,25). The first-order valence-electron chi connectivity index (χ1n) is 8.30. The first kappa shape index (κ1) is 16.6. The van der Waals surface area contributed by atoms with Gasteiger partial charge in [-0.3, -0.25) is 19.4 Å². The number of aryl methyl sites for hydroxylation is 2. The van der Waals surface area contributed by atoms with Crippen molar-refractivity contribution in [3.8, 4) is 0 Å². The number of carbonyl (C=O) groups is 1. The quantitative estimate of drug-likeness (QED) is 0.656. The molecule has 0 spiro atoms. The molecule has 2 aromatic rings. The average molecular weight is 449 g/mol. The third-order valence-corrected chi connectivity index (χ3v) is 6.45. The summed E-state index contributed by atoms with van der Waals surface area (Å²) in [6, 6.07) is 6.18. The van der Waals surface area contributed by atoms with E-state index in [1.54, 1.807) is 4.68 Å². The van der Waals surface area contributed by atoms with Crippen LogP contribution in [0.5, 0.6) is 0 Å². The van der Waals surface area contributed by atoms with Crippen LogP contribution in [0.2, 0.25) is 0 Å². The van der Waals surface area contributed by atoms with Crippen LogP contribution in [0, 0.1) is 15.9 Å². The SMILES string of the molecule is Cc1ccc(C2C3=C(CC(C)(C)C3=O)Nc3c2c(=O)[nH]n3C)cc1I. The number of carbonyl (C=O) groups excluding carboxylic acids is 1. The van der Waals surface area contributed by atoms with Gasteiger partial charge < -0.3 is 5.32 Å². The highest BCUT2D eigenvalue weighted by atomic mass is 127. The summed E-state index contributed by atoms with van der Waals surface area (Å²) in [7, 11) is 1.82. The zero-order valence-electron chi connectivity index (χ0n) is 14.7. The van der Waals surface area contributed by atoms with E-state index in [1.165, 1.54) is 5.56 Å². The molecule has 2 heterocycles. The van der Waals surface area contributed by atoms with Gasteiger partial charge in [-0.05, 0) is 46.7 Å². The molecule has 1 aromatic heterocycles.